The zero-order valence-electron chi connectivity index (χ0n) is 13.8. The van der Waals surface area contributed by atoms with Crippen LogP contribution in [0.2, 0.25) is 0 Å². The molecule has 1 fully saturated rings. The van der Waals surface area contributed by atoms with Crippen molar-refractivity contribution in [3.8, 4) is 0 Å². The molecule has 2 amide bonds. The van der Waals surface area contributed by atoms with Crippen LogP contribution in [-0.2, 0) is 19.4 Å². The number of carbonyl (C=O) groups excluding carboxylic acids is 2. The molecule has 0 aromatic rings. The van der Waals surface area contributed by atoms with Gasteiger partial charge in [-0.05, 0) is 33.1 Å². The summed E-state index contributed by atoms with van der Waals surface area (Å²) in [6, 6.07) is -1.16. The first kappa shape index (κ1) is 18.7. The van der Waals surface area contributed by atoms with Crippen molar-refractivity contribution in [2.45, 2.75) is 58.7 Å². The number of amides is 2. The van der Waals surface area contributed by atoms with Gasteiger partial charge in [0.15, 0.2) is 9.84 Å². The fourth-order valence-corrected chi connectivity index (χ4v) is 3.84. The molecule has 8 heteroatoms. The fourth-order valence-electron chi connectivity index (χ4n) is 2.17. The molecule has 1 heterocycles. The molecule has 0 aliphatic carbocycles. The molecule has 2 atom stereocenters. The van der Waals surface area contributed by atoms with Crippen LogP contribution < -0.4 is 10.6 Å². The van der Waals surface area contributed by atoms with E-state index in [9.17, 15) is 18.0 Å². The Morgan fingerprint density at radius 1 is 1.23 bits per heavy atom. The predicted octanol–water partition coefficient (Wildman–Crippen LogP) is 0.839. The van der Waals surface area contributed by atoms with E-state index in [1.165, 1.54) is 0 Å². The van der Waals surface area contributed by atoms with Crippen molar-refractivity contribution >= 4 is 21.8 Å². The van der Waals surface area contributed by atoms with Crippen LogP contribution in [0, 0.1) is 5.92 Å². The lowest BCUT2D eigenvalue weighted by molar-refractivity contribution is -0.124. The Morgan fingerprint density at radius 2 is 1.82 bits per heavy atom. The predicted molar refractivity (Wildman–Crippen MR) is 83.2 cm³/mol. The minimum atomic E-state index is -3.06. The maximum Gasteiger partial charge on any atom is 0.408 e. The van der Waals surface area contributed by atoms with Gasteiger partial charge in [0.2, 0.25) is 5.91 Å². The minimum absolute atomic E-state index is 0.0456. The Bertz CT molecular complexity index is 522. The molecule has 1 rings (SSSR count). The van der Waals surface area contributed by atoms with E-state index >= 15 is 0 Å². The molecule has 1 saturated heterocycles. The highest BCUT2D eigenvalue weighted by Crippen LogP contribution is 2.13. The van der Waals surface area contributed by atoms with Gasteiger partial charge in [0.1, 0.15) is 11.6 Å². The third-order valence-electron chi connectivity index (χ3n) is 3.20. The molecule has 1 unspecified atom stereocenters. The monoisotopic (exact) mass is 334 g/mol. The summed E-state index contributed by atoms with van der Waals surface area (Å²) in [6.07, 6.45) is -0.258. The maximum atomic E-state index is 12.3. The number of alkyl carbamates (subject to hydrolysis) is 1. The number of sulfone groups is 1. The largest absolute Gasteiger partial charge is 0.444 e. The lowest BCUT2D eigenvalue weighted by Gasteiger charge is -2.26. The van der Waals surface area contributed by atoms with Crippen molar-refractivity contribution in [2.24, 2.45) is 5.92 Å². The van der Waals surface area contributed by atoms with Gasteiger partial charge in [-0.2, -0.15) is 0 Å². The van der Waals surface area contributed by atoms with Crippen molar-refractivity contribution in [3.05, 3.63) is 0 Å². The van der Waals surface area contributed by atoms with E-state index < -0.39 is 27.6 Å². The van der Waals surface area contributed by atoms with Gasteiger partial charge in [-0.15, -0.1) is 0 Å². The zero-order valence-corrected chi connectivity index (χ0v) is 14.6. The van der Waals surface area contributed by atoms with Crippen molar-refractivity contribution in [1.29, 1.82) is 0 Å². The summed E-state index contributed by atoms with van der Waals surface area (Å²) in [5.74, 6) is -0.492. The molecule has 0 aromatic heterocycles. The Morgan fingerprint density at radius 3 is 2.23 bits per heavy atom. The van der Waals surface area contributed by atoms with Crippen molar-refractivity contribution in [2.75, 3.05) is 11.5 Å². The van der Waals surface area contributed by atoms with Gasteiger partial charge >= 0.3 is 6.09 Å². The van der Waals surface area contributed by atoms with E-state index in [0.29, 0.717) is 6.42 Å². The smallest absolute Gasteiger partial charge is 0.408 e. The zero-order chi connectivity index (χ0) is 17.1. The van der Waals surface area contributed by atoms with E-state index in [-0.39, 0.29) is 29.4 Å². The summed E-state index contributed by atoms with van der Waals surface area (Å²) in [6.45, 7) is 8.81. The second kappa shape index (κ2) is 6.85. The Labute approximate surface area is 132 Å². The number of carbonyl (C=O) groups is 2. The van der Waals surface area contributed by atoms with Crippen molar-refractivity contribution < 1.29 is 22.7 Å². The summed E-state index contributed by atoms with van der Waals surface area (Å²) in [4.78, 5) is 24.1. The Hall–Kier alpha value is -1.31. The van der Waals surface area contributed by atoms with Crippen LogP contribution in [0.4, 0.5) is 4.79 Å². The number of rotatable bonds is 4. The first-order chi connectivity index (χ1) is 9.89. The van der Waals surface area contributed by atoms with E-state index in [2.05, 4.69) is 10.6 Å². The molecular formula is C14H26N2O5S. The van der Waals surface area contributed by atoms with Gasteiger partial charge in [-0.25, -0.2) is 13.2 Å². The summed E-state index contributed by atoms with van der Waals surface area (Å²) in [5, 5.41) is 5.24. The second-order valence-corrected chi connectivity index (χ2v) is 9.21. The average Bonchev–Trinajstić information content (AvgIpc) is 2.62. The number of hydrogen-bond donors (Lipinski definition) is 2. The number of hydrogen-bond acceptors (Lipinski definition) is 5. The number of ether oxygens (including phenoxy) is 1. The van der Waals surface area contributed by atoms with Gasteiger partial charge in [-0.3, -0.25) is 4.79 Å². The molecule has 1 aliphatic rings. The van der Waals surface area contributed by atoms with E-state index in [1.54, 1.807) is 34.6 Å². The normalized spacial score (nSPS) is 22.2. The summed E-state index contributed by atoms with van der Waals surface area (Å²) in [7, 11) is -3.06. The van der Waals surface area contributed by atoms with Gasteiger partial charge in [-0.1, -0.05) is 13.8 Å². The molecule has 128 valence electrons. The minimum Gasteiger partial charge on any atom is -0.444 e. The first-order valence-corrected chi connectivity index (χ1v) is 9.22. The van der Waals surface area contributed by atoms with Gasteiger partial charge in [0.25, 0.3) is 0 Å². The highest BCUT2D eigenvalue weighted by molar-refractivity contribution is 7.91. The van der Waals surface area contributed by atoms with Crippen LogP contribution in [0.25, 0.3) is 0 Å². The quantitative estimate of drug-likeness (QED) is 0.793. The first-order valence-electron chi connectivity index (χ1n) is 7.40. The summed E-state index contributed by atoms with van der Waals surface area (Å²) >= 11 is 0. The standard InChI is InChI=1S/C14H26N2O5S/c1-9(2)11(16-13(18)21-14(3,4)5)12(17)15-10-6-7-22(19,20)8-10/h9-11H,6-8H2,1-5H3,(H,15,17)(H,16,18)/t10?,11-/m0/s1. The highest BCUT2D eigenvalue weighted by Gasteiger charge is 2.33. The molecule has 2 N–H and O–H groups in total. The van der Waals surface area contributed by atoms with Gasteiger partial charge < -0.3 is 15.4 Å². The molecular weight excluding hydrogens is 308 g/mol. The van der Waals surface area contributed by atoms with Crippen LogP contribution in [0.3, 0.4) is 0 Å². The van der Waals surface area contributed by atoms with E-state index in [0.717, 1.165) is 0 Å². The van der Waals surface area contributed by atoms with Crippen LogP contribution >= 0.6 is 0 Å². The third kappa shape index (κ3) is 6.21. The topological polar surface area (TPSA) is 102 Å². The highest BCUT2D eigenvalue weighted by atomic mass is 32.2. The lowest BCUT2D eigenvalue weighted by atomic mass is 10.0. The molecule has 0 saturated carbocycles. The van der Waals surface area contributed by atoms with Crippen LogP contribution in [0.15, 0.2) is 0 Å². The molecule has 22 heavy (non-hydrogen) atoms. The average molecular weight is 334 g/mol. The molecule has 1 aliphatic heterocycles. The maximum absolute atomic E-state index is 12.3. The van der Waals surface area contributed by atoms with Crippen molar-refractivity contribution in [1.82, 2.24) is 10.6 Å². The Kier molecular flexibility index (Phi) is 5.83. The van der Waals surface area contributed by atoms with Crippen molar-refractivity contribution in [3.63, 3.8) is 0 Å². The molecule has 0 radical (unpaired) electrons. The van der Waals surface area contributed by atoms with E-state index in [4.69, 9.17) is 4.74 Å². The second-order valence-electron chi connectivity index (χ2n) is 6.98. The fraction of sp³-hybridized carbons (Fsp3) is 0.857. The number of nitrogens with one attached hydrogen (secondary N) is 2. The van der Waals surface area contributed by atoms with Gasteiger partial charge in [0, 0.05) is 6.04 Å². The third-order valence-corrected chi connectivity index (χ3v) is 4.97. The SMILES string of the molecule is CC(C)[C@H](NC(=O)OC(C)(C)C)C(=O)NC1CCS(=O)(=O)C1. The summed E-state index contributed by atoms with van der Waals surface area (Å²) < 4.78 is 28.0. The molecule has 0 spiro atoms. The van der Waals surface area contributed by atoms with Crippen LogP contribution in [-0.4, -0.2) is 49.6 Å². The van der Waals surface area contributed by atoms with Crippen LogP contribution in [0.1, 0.15) is 41.0 Å². The molecule has 0 aromatic carbocycles. The molecule has 7 nitrogen and oxygen atoms in total. The Balaban J connectivity index is 2.63. The summed E-state index contributed by atoms with van der Waals surface area (Å²) in [5.41, 5.74) is -0.651. The van der Waals surface area contributed by atoms with Gasteiger partial charge in [0.05, 0.1) is 11.5 Å². The van der Waals surface area contributed by atoms with E-state index in [1.807, 2.05) is 0 Å². The lowest BCUT2D eigenvalue weighted by Crippen LogP contribution is -2.53. The molecule has 0 bridgehead atoms. The van der Waals surface area contributed by atoms with Crippen LogP contribution in [0.5, 0.6) is 0 Å².